The Morgan fingerprint density at radius 2 is 1.28 bits per heavy atom. The van der Waals surface area contributed by atoms with Gasteiger partial charge in [0.1, 0.15) is 11.6 Å². The number of hydrogen-bond donors (Lipinski definition) is 1. The third-order valence-corrected chi connectivity index (χ3v) is 9.38. The second-order valence-corrected chi connectivity index (χ2v) is 13.6. The molecule has 6 aromatic carbocycles. The molecular weight excluding hydrogens is 794 g/mol. The van der Waals surface area contributed by atoms with E-state index < -0.39 is 0 Å². The Morgan fingerprint density at radius 3 is 2.00 bits per heavy atom. The van der Waals surface area contributed by atoms with Crippen molar-refractivity contribution in [3.8, 4) is 56.2 Å². The molecule has 8 rings (SSSR count). The van der Waals surface area contributed by atoms with Crippen LogP contribution in [0, 0.1) is 13.0 Å². The summed E-state index contributed by atoms with van der Waals surface area (Å²) in [7, 11) is 0. The second kappa shape index (κ2) is 13.2. The van der Waals surface area contributed by atoms with Crippen LogP contribution in [-0.2, 0) is 26.5 Å². The standard InChI is InChI=1S/C45H36N3O.Pt/c1-29-20-25-37(43-41(29)35(26-27-46-43)30-12-6-5-7-13-30)32-15-10-14-31(28-32)36-17-11-18-39-42(36)47-44(38-16-8-9-19-40(38)49)48(39)34-23-21-33(22-24-34)45(2,3)4;/h5-27,49H,1-4H3;/q-1;. The zero-order valence-electron chi connectivity index (χ0n) is 28.4. The van der Waals surface area contributed by atoms with Crippen molar-refractivity contribution in [2.45, 2.75) is 33.1 Å². The van der Waals surface area contributed by atoms with Crippen LogP contribution in [0.2, 0.25) is 0 Å². The molecule has 0 amide bonds. The minimum Gasteiger partial charge on any atom is -0.507 e. The number of aromatic nitrogens is 3. The fourth-order valence-corrected chi connectivity index (χ4v) is 6.83. The first-order valence-corrected chi connectivity index (χ1v) is 16.7. The van der Waals surface area contributed by atoms with E-state index in [1.54, 1.807) is 6.07 Å². The van der Waals surface area contributed by atoms with Crippen LogP contribution in [0.25, 0.3) is 72.4 Å². The van der Waals surface area contributed by atoms with Crippen molar-refractivity contribution < 1.29 is 26.2 Å². The van der Waals surface area contributed by atoms with Crippen LogP contribution in [-0.4, -0.2) is 19.6 Å². The summed E-state index contributed by atoms with van der Waals surface area (Å²) in [6.45, 7) is 8.81. The Hall–Kier alpha value is -5.31. The van der Waals surface area contributed by atoms with Crippen LogP contribution < -0.4 is 0 Å². The normalized spacial score (nSPS) is 11.5. The van der Waals surface area contributed by atoms with E-state index in [0.717, 1.165) is 49.9 Å². The molecule has 2 aromatic heterocycles. The van der Waals surface area contributed by atoms with Crippen LogP contribution in [0.3, 0.4) is 0 Å². The van der Waals surface area contributed by atoms with Crippen LogP contribution in [0.15, 0.2) is 140 Å². The van der Waals surface area contributed by atoms with Gasteiger partial charge in [0, 0.05) is 43.9 Å². The molecule has 0 atom stereocenters. The molecule has 0 unspecified atom stereocenters. The molecule has 5 heteroatoms. The van der Waals surface area contributed by atoms with Gasteiger partial charge in [-0.3, -0.25) is 9.55 Å². The van der Waals surface area contributed by atoms with Gasteiger partial charge in [-0.25, -0.2) is 4.98 Å². The van der Waals surface area contributed by atoms with E-state index in [1.165, 1.54) is 22.3 Å². The van der Waals surface area contributed by atoms with Gasteiger partial charge in [0.2, 0.25) is 0 Å². The van der Waals surface area contributed by atoms with E-state index >= 15 is 0 Å². The molecule has 4 nitrogen and oxygen atoms in total. The molecule has 0 aliphatic carbocycles. The van der Waals surface area contributed by atoms with Crippen molar-refractivity contribution in [2.75, 3.05) is 0 Å². The predicted molar refractivity (Wildman–Crippen MR) is 202 cm³/mol. The number of fused-ring (bicyclic) bond motifs is 2. The molecule has 0 saturated carbocycles. The summed E-state index contributed by atoms with van der Waals surface area (Å²) in [5, 5.41) is 12.1. The molecule has 8 aromatic rings. The van der Waals surface area contributed by atoms with Gasteiger partial charge >= 0.3 is 0 Å². The average molecular weight is 830 g/mol. The van der Waals surface area contributed by atoms with Gasteiger partial charge in [0.15, 0.2) is 0 Å². The van der Waals surface area contributed by atoms with Crippen molar-refractivity contribution in [3.63, 3.8) is 0 Å². The van der Waals surface area contributed by atoms with E-state index in [4.69, 9.17) is 9.97 Å². The quantitative estimate of drug-likeness (QED) is 0.176. The topological polar surface area (TPSA) is 50.9 Å². The first-order valence-electron chi connectivity index (χ1n) is 16.7. The Bertz CT molecular complexity index is 2490. The smallest absolute Gasteiger partial charge is 0.148 e. The van der Waals surface area contributed by atoms with Crippen LogP contribution >= 0.6 is 0 Å². The average Bonchev–Trinajstić information content (AvgIpc) is 3.51. The summed E-state index contributed by atoms with van der Waals surface area (Å²) in [5.41, 5.74) is 13.1. The Balaban J connectivity index is 0.00000392. The van der Waals surface area contributed by atoms with Gasteiger partial charge in [-0.1, -0.05) is 111 Å². The molecule has 0 radical (unpaired) electrons. The molecule has 50 heavy (non-hydrogen) atoms. The van der Waals surface area contributed by atoms with Crippen molar-refractivity contribution in [1.82, 2.24) is 14.5 Å². The third-order valence-electron chi connectivity index (χ3n) is 9.38. The number of aryl methyl sites for hydroxylation is 1. The molecule has 0 spiro atoms. The van der Waals surface area contributed by atoms with E-state index in [9.17, 15) is 5.11 Å². The number of phenols is 1. The van der Waals surface area contributed by atoms with Gasteiger partial charge in [-0.2, -0.15) is 0 Å². The van der Waals surface area contributed by atoms with Gasteiger partial charge in [0.05, 0.1) is 16.6 Å². The molecule has 0 aliphatic heterocycles. The van der Waals surface area contributed by atoms with Crippen LogP contribution in [0.1, 0.15) is 31.9 Å². The number of hydrogen-bond acceptors (Lipinski definition) is 3. The van der Waals surface area contributed by atoms with E-state index in [2.05, 4.69) is 141 Å². The van der Waals surface area contributed by atoms with E-state index in [-0.39, 0.29) is 32.2 Å². The monoisotopic (exact) mass is 829 g/mol. The first-order chi connectivity index (χ1) is 23.8. The zero-order valence-corrected chi connectivity index (χ0v) is 30.7. The fourth-order valence-electron chi connectivity index (χ4n) is 6.83. The molecule has 2 heterocycles. The largest absolute Gasteiger partial charge is 0.507 e. The number of phenolic OH excluding ortho intramolecular Hbond substituents is 1. The van der Waals surface area contributed by atoms with Crippen molar-refractivity contribution in [1.29, 1.82) is 0 Å². The molecule has 248 valence electrons. The van der Waals surface area contributed by atoms with E-state index in [1.807, 2.05) is 30.5 Å². The summed E-state index contributed by atoms with van der Waals surface area (Å²) in [6, 6.07) is 49.3. The van der Waals surface area contributed by atoms with Gasteiger partial charge < -0.3 is 5.11 Å². The van der Waals surface area contributed by atoms with Crippen molar-refractivity contribution >= 4 is 21.9 Å². The minimum atomic E-state index is 0. The molecule has 0 aliphatic rings. The number of nitrogens with zero attached hydrogens (tertiary/aromatic N) is 3. The Morgan fingerprint density at radius 1 is 0.620 bits per heavy atom. The summed E-state index contributed by atoms with van der Waals surface area (Å²) < 4.78 is 2.15. The minimum absolute atomic E-state index is 0. The van der Waals surface area contributed by atoms with Gasteiger partial charge in [-0.05, 0) is 71.0 Å². The predicted octanol–water partition coefficient (Wildman–Crippen LogP) is 11.4. The number of rotatable bonds is 5. The van der Waals surface area contributed by atoms with Gasteiger partial charge in [-0.15, -0.1) is 35.4 Å². The van der Waals surface area contributed by atoms with Crippen molar-refractivity contribution in [3.05, 3.63) is 157 Å². The summed E-state index contributed by atoms with van der Waals surface area (Å²) in [4.78, 5) is 10.2. The molecule has 0 saturated heterocycles. The van der Waals surface area contributed by atoms with E-state index in [0.29, 0.717) is 11.4 Å². The Labute approximate surface area is 307 Å². The van der Waals surface area contributed by atoms with Gasteiger partial charge in [0.25, 0.3) is 0 Å². The number of benzene rings is 6. The molecule has 0 fully saturated rings. The maximum Gasteiger partial charge on any atom is 0.148 e. The first kappa shape index (κ1) is 33.2. The Kier molecular flexibility index (Phi) is 8.76. The zero-order chi connectivity index (χ0) is 33.7. The number of aromatic hydroxyl groups is 1. The maximum atomic E-state index is 11.0. The summed E-state index contributed by atoms with van der Waals surface area (Å²) >= 11 is 0. The maximum absolute atomic E-state index is 11.0. The van der Waals surface area contributed by atoms with Crippen molar-refractivity contribution in [2.24, 2.45) is 0 Å². The molecular formula is C45H36N3OPt-. The van der Waals surface area contributed by atoms with Crippen LogP contribution in [0.5, 0.6) is 5.75 Å². The fraction of sp³-hybridized carbons (Fsp3) is 0.111. The number of imidazole rings is 1. The summed E-state index contributed by atoms with van der Waals surface area (Å²) in [6.07, 6.45) is 1.90. The molecule has 1 N–H and O–H groups in total. The third kappa shape index (κ3) is 5.84. The van der Waals surface area contributed by atoms with Crippen LogP contribution in [0.4, 0.5) is 0 Å². The second-order valence-electron chi connectivity index (χ2n) is 13.6. The summed E-state index contributed by atoms with van der Waals surface area (Å²) in [5.74, 6) is 0.872. The molecule has 0 bridgehead atoms. The SMILES string of the molecule is Cc1ccc(-c2[c-]c(-c3cccc4c3nc(-c3ccccc3O)n4-c3ccc(C(C)(C)C)cc3)ccc2)c2nccc(-c3ccccc3)c12.[Pt]. The number of para-hydroxylation sites is 2. The number of pyridine rings is 1.